The molecule has 1 saturated carbocycles. The smallest absolute Gasteiger partial charge is 0.280 e. The fraction of sp³-hybridized carbons (Fsp3) is 0.471. The summed E-state index contributed by atoms with van der Waals surface area (Å²) >= 11 is 0. The minimum absolute atomic E-state index is 0.0419. The Morgan fingerprint density at radius 3 is 2.58 bits per heavy atom. The van der Waals surface area contributed by atoms with Crippen molar-refractivity contribution in [3.05, 3.63) is 33.9 Å². The van der Waals surface area contributed by atoms with E-state index in [1.54, 1.807) is 0 Å². The van der Waals surface area contributed by atoms with Gasteiger partial charge >= 0.3 is 0 Å². The molecule has 1 aromatic rings. The minimum Gasteiger partial charge on any atom is -0.454 e. The molecule has 1 aromatic carbocycles. The lowest BCUT2D eigenvalue weighted by atomic mass is 9.87. The number of amides is 1. The van der Waals surface area contributed by atoms with Crippen LogP contribution >= 0.6 is 0 Å². The second kappa shape index (κ2) is 6.90. The zero-order valence-corrected chi connectivity index (χ0v) is 13.5. The van der Waals surface area contributed by atoms with Crippen molar-refractivity contribution in [1.82, 2.24) is 5.32 Å². The summed E-state index contributed by atoms with van der Waals surface area (Å²) in [6.07, 6.45) is 6.96. The summed E-state index contributed by atoms with van der Waals surface area (Å²) in [5.74, 6) is 1.27. The maximum absolute atomic E-state index is 12.1. The highest BCUT2D eigenvalue weighted by molar-refractivity contribution is 5.92. The first-order chi connectivity index (χ1) is 11.5. The predicted octanol–water partition coefficient (Wildman–Crippen LogP) is 3.03. The van der Waals surface area contributed by atoms with Crippen molar-refractivity contribution in [2.24, 2.45) is 5.92 Å². The predicted molar refractivity (Wildman–Crippen MR) is 87.8 cm³/mol. The Balaban J connectivity index is 1.69. The second-order valence-corrected chi connectivity index (χ2v) is 6.32. The molecule has 0 bridgehead atoms. The van der Waals surface area contributed by atoms with Crippen LogP contribution in [0.3, 0.4) is 0 Å². The Morgan fingerprint density at radius 2 is 1.92 bits per heavy atom. The standard InChI is InChI=1S/C17H20N2O5/c1-11-2-5-13(6-3-11)18-17(20)7-4-12-8-15-16(24-10-23-15)9-14(12)19(21)22/h4,7-9,11,13H,2-3,5-6,10H2,1H3,(H,18,20). The highest BCUT2D eigenvalue weighted by Crippen LogP contribution is 2.38. The molecule has 1 fully saturated rings. The molecule has 7 nitrogen and oxygen atoms in total. The number of nitrogens with one attached hydrogen (secondary N) is 1. The van der Waals surface area contributed by atoms with Crippen LogP contribution in [0.5, 0.6) is 11.5 Å². The molecule has 1 aliphatic carbocycles. The van der Waals surface area contributed by atoms with Gasteiger partial charge in [0.1, 0.15) is 0 Å². The third kappa shape index (κ3) is 3.67. The van der Waals surface area contributed by atoms with Crippen molar-refractivity contribution in [2.45, 2.75) is 38.6 Å². The number of nitro groups is 1. The second-order valence-electron chi connectivity index (χ2n) is 6.32. The molecule has 3 rings (SSSR count). The summed E-state index contributed by atoms with van der Waals surface area (Å²) in [4.78, 5) is 22.7. The van der Waals surface area contributed by atoms with Gasteiger partial charge in [0.25, 0.3) is 5.69 Å². The highest BCUT2D eigenvalue weighted by Gasteiger charge is 2.22. The lowest BCUT2D eigenvalue weighted by Gasteiger charge is -2.26. The van der Waals surface area contributed by atoms with Gasteiger partial charge in [-0.15, -0.1) is 0 Å². The number of rotatable bonds is 4. The van der Waals surface area contributed by atoms with Gasteiger partial charge in [-0.1, -0.05) is 6.92 Å². The average Bonchev–Trinajstić information content (AvgIpc) is 3.01. The number of nitro benzene ring substituents is 1. The third-order valence-corrected chi connectivity index (χ3v) is 4.50. The summed E-state index contributed by atoms with van der Waals surface area (Å²) in [7, 11) is 0. The minimum atomic E-state index is -0.498. The van der Waals surface area contributed by atoms with E-state index < -0.39 is 4.92 Å². The van der Waals surface area contributed by atoms with Crippen LogP contribution in [0.1, 0.15) is 38.2 Å². The lowest BCUT2D eigenvalue weighted by molar-refractivity contribution is -0.385. The summed E-state index contributed by atoms with van der Waals surface area (Å²) in [6.45, 7) is 2.26. The molecule has 0 spiro atoms. The van der Waals surface area contributed by atoms with Crippen LogP contribution in [0.15, 0.2) is 18.2 Å². The number of carbonyl (C=O) groups excluding carboxylic acids is 1. The molecule has 1 amide bonds. The van der Waals surface area contributed by atoms with Gasteiger partial charge in [0.15, 0.2) is 11.5 Å². The quantitative estimate of drug-likeness (QED) is 0.520. The Kier molecular flexibility index (Phi) is 4.69. The molecule has 0 radical (unpaired) electrons. The molecule has 7 heteroatoms. The van der Waals surface area contributed by atoms with E-state index in [0.29, 0.717) is 23.0 Å². The zero-order chi connectivity index (χ0) is 17.1. The molecule has 0 atom stereocenters. The molecular weight excluding hydrogens is 312 g/mol. The van der Waals surface area contributed by atoms with Gasteiger partial charge in [-0.25, -0.2) is 0 Å². The van der Waals surface area contributed by atoms with E-state index in [0.717, 1.165) is 25.7 Å². The normalized spacial score (nSPS) is 22.5. The van der Waals surface area contributed by atoms with Gasteiger partial charge in [-0.2, -0.15) is 0 Å². The van der Waals surface area contributed by atoms with Crippen LogP contribution in [0.25, 0.3) is 6.08 Å². The van der Waals surface area contributed by atoms with Gasteiger partial charge in [0.05, 0.1) is 16.6 Å². The first kappa shape index (κ1) is 16.3. The van der Waals surface area contributed by atoms with Crippen LogP contribution in [0, 0.1) is 16.0 Å². The third-order valence-electron chi connectivity index (χ3n) is 4.50. The van der Waals surface area contributed by atoms with Crippen LogP contribution < -0.4 is 14.8 Å². The van der Waals surface area contributed by atoms with Crippen molar-refractivity contribution in [2.75, 3.05) is 6.79 Å². The number of hydrogen-bond donors (Lipinski definition) is 1. The number of nitrogens with zero attached hydrogens (tertiary/aromatic N) is 1. The molecule has 128 valence electrons. The first-order valence-corrected chi connectivity index (χ1v) is 8.09. The Hall–Kier alpha value is -2.57. The average molecular weight is 332 g/mol. The van der Waals surface area contributed by atoms with Gasteiger partial charge in [-0.3, -0.25) is 14.9 Å². The van der Waals surface area contributed by atoms with E-state index in [4.69, 9.17) is 9.47 Å². The van der Waals surface area contributed by atoms with Crippen molar-refractivity contribution in [3.63, 3.8) is 0 Å². The van der Waals surface area contributed by atoms with Crippen molar-refractivity contribution < 1.29 is 19.2 Å². The molecule has 1 heterocycles. The van der Waals surface area contributed by atoms with Crippen LogP contribution in [0.4, 0.5) is 5.69 Å². The topological polar surface area (TPSA) is 90.7 Å². The summed E-state index contributed by atoms with van der Waals surface area (Å²) in [5, 5.41) is 14.1. The highest BCUT2D eigenvalue weighted by atomic mass is 16.7. The molecule has 24 heavy (non-hydrogen) atoms. The van der Waals surface area contributed by atoms with E-state index in [1.165, 1.54) is 24.3 Å². The van der Waals surface area contributed by atoms with Crippen LogP contribution in [-0.2, 0) is 4.79 Å². The van der Waals surface area contributed by atoms with E-state index in [-0.39, 0.29) is 24.4 Å². The molecule has 0 saturated heterocycles. The molecule has 0 unspecified atom stereocenters. The van der Waals surface area contributed by atoms with Crippen molar-refractivity contribution >= 4 is 17.7 Å². The van der Waals surface area contributed by atoms with Crippen LogP contribution in [-0.4, -0.2) is 23.7 Å². The summed E-state index contributed by atoms with van der Waals surface area (Å²) < 4.78 is 10.4. The monoisotopic (exact) mass is 332 g/mol. The van der Waals surface area contributed by atoms with Crippen molar-refractivity contribution in [3.8, 4) is 11.5 Å². The van der Waals surface area contributed by atoms with Crippen molar-refractivity contribution in [1.29, 1.82) is 0 Å². The number of hydrogen-bond acceptors (Lipinski definition) is 5. The van der Waals surface area contributed by atoms with E-state index in [1.807, 2.05) is 0 Å². The Morgan fingerprint density at radius 1 is 1.25 bits per heavy atom. The van der Waals surface area contributed by atoms with Gasteiger partial charge in [-0.05, 0) is 43.7 Å². The molecule has 2 aliphatic rings. The molecule has 1 N–H and O–H groups in total. The summed E-state index contributed by atoms with van der Waals surface area (Å²) in [5.41, 5.74) is 0.200. The van der Waals surface area contributed by atoms with Crippen LogP contribution in [0.2, 0.25) is 0 Å². The SMILES string of the molecule is CC1CCC(NC(=O)C=Cc2cc3c(cc2[N+](=O)[O-])OCO3)CC1. The molecule has 0 aromatic heterocycles. The fourth-order valence-electron chi connectivity index (χ4n) is 3.06. The first-order valence-electron chi connectivity index (χ1n) is 8.09. The van der Waals surface area contributed by atoms with Gasteiger partial charge in [0.2, 0.25) is 12.7 Å². The lowest BCUT2D eigenvalue weighted by Crippen LogP contribution is -2.36. The maximum Gasteiger partial charge on any atom is 0.280 e. The van der Waals surface area contributed by atoms with Gasteiger partial charge < -0.3 is 14.8 Å². The summed E-state index contributed by atoms with van der Waals surface area (Å²) in [6, 6.07) is 3.03. The Labute approximate surface area is 139 Å². The van der Waals surface area contributed by atoms with E-state index >= 15 is 0 Å². The Bertz CT molecular complexity index is 678. The zero-order valence-electron chi connectivity index (χ0n) is 13.5. The molecular formula is C17H20N2O5. The fourth-order valence-corrected chi connectivity index (χ4v) is 3.06. The number of fused-ring (bicyclic) bond motifs is 1. The van der Waals surface area contributed by atoms with Gasteiger partial charge in [0, 0.05) is 12.1 Å². The largest absolute Gasteiger partial charge is 0.454 e. The number of carbonyl (C=O) groups is 1. The molecule has 1 aliphatic heterocycles. The maximum atomic E-state index is 12.1. The van der Waals surface area contributed by atoms with E-state index in [2.05, 4.69) is 12.2 Å². The number of ether oxygens (including phenoxy) is 2. The number of benzene rings is 1. The van der Waals surface area contributed by atoms with E-state index in [9.17, 15) is 14.9 Å².